The van der Waals surface area contributed by atoms with Gasteiger partial charge in [0.15, 0.2) is 0 Å². The highest BCUT2D eigenvalue weighted by Gasteiger charge is 2.07. The second-order valence-electron chi connectivity index (χ2n) is 5.27. The summed E-state index contributed by atoms with van der Waals surface area (Å²) < 4.78 is 5.40. The van der Waals surface area contributed by atoms with Crippen LogP contribution in [0.15, 0.2) is 66.7 Å². The molecule has 0 saturated heterocycles. The number of hydrogen-bond donors (Lipinski definition) is 2. The van der Waals surface area contributed by atoms with Crippen molar-refractivity contribution in [3.05, 3.63) is 77.9 Å². The number of nitrogen functional groups attached to an aromatic ring is 1. The van der Waals surface area contributed by atoms with Crippen LogP contribution in [0.3, 0.4) is 0 Å². The Bertz CT molecular complexity index is 873. The minimum absolute atomic E-state index is 0.0327. The van der Waals surface area contributed by atoms with Crippen LogP contribution in [0.5, 0.6) is 5.75 Å². The molecular formula is C19H16N2O2. The summed E-state index contributed by atoms with van der Waals surface area (Å²) in [6.45, 7) is 0. The fourth-order valence-electron chi connectivity index (χ4n) is 2.38. The van der Waals surface area contributed by atoms with E-state index in [4.69, 9.17) is 15.9 Å². The van der Waals surface area contributed by atoms with Gasteiger partial charge in [-0.1, -0.05) is 48.5 Å². The largest absolute Gasteiger partial charge is 0.426 e. The topological polar surface area (TPSA) is 76.2 Å². The van der Waals surface area contributed by atoms with Gasteiger partial charge in [0.25, 0.3) is 0 Å². The molecule has 0 aliphatic heterocycles. The molecule has 0 bridgehead atoms. The highest BCUT2D eigenvalue weighted by atomic mass is 16.5. The van der Waals surface area contributed by atoms with Gasteiger partial charge in [-0.3, -0.25) is 10.2 Å². The number of esters is 1. The van der Waals surface area contributed by atoms with Crippen molar-refractivity contribution in [1.29, 1.82) is 5.41 Å². The van der Waals surface area contributed by atoms with E-state index in [2.05, 4.69) is 0 Å². The molecule has 3 aromatic carbocycles. The molecule has 0 aromatic heterocycles. The number of amidine groups is 1. The number of ether oxygens (including phenoxy) is 1. The normalized spacial score (nSPS) is 10.4. The Kier molecular flexibility index (Phi) is 4.06. The number of nitrogens with one attached hydrogen (secondary N) is 1. The Morgan fingerprint density at radius 1 is 0.957 bits per heavy atom. The zero-order chi connectivity index (χ0) is 16.2. The maximum absolute atomic E-state index is 12.0. The Morgan fingerprint density at radius 2 is 1.65 bits per heavy atom. The Balaban J connectivity index is 1.77. The molecular weight excluding hydrogens is 288 g/mol. The van der Waals surface area contributed by atoms with E-state index in [-0.39, 0.29) is 18.2 Å². The monoisotopic (exact) mass is 304 g/mol. The van der Waals surface area contributed by atoms with Crippen molar-refractivity contribution in [2.75, 3.05) is 0 Å². The number of carbonyl (C=O) groups is 1. The minimum atomic E-state index is -0.295. The zero-order valence-electron chi connectivity index (χ0n) is 12.5. The second-order valence-corrected chi connectivity index (χ2v) is 5.27. The van der Waals surface area contributed by atoms with Gasteiger partial charge < -0.3 is 10.5 Å². The lowest BCUT2D eigenvalue weighted by Crippen LogP contribution is -2.11. The molecule has 23 heavy (non-hydrogen) atoms. The number of benzene rings is 3. The van der Waals surface area contributed by atoms with Crippen molar-refractivity contribution in [2.24, 2.45) is 5.73 Å². The highest BCUT2D eigenvalue weighted by molar-refractivity contribution is 5.99. The molecule has 0 fully saturated rings. The van der Waals surface area contributed by atoms with Crippen LogP contribution >= 0.6 is 0 Å². The van der Waals surface area contributed by atoms with Gasteiger partial charge in [0, 0.05) is 5.56 Å². The number of rotatable bonds is 4. The predicted molar refractivity (Wildman–Crippen MR) is 90.7 cm³/mol. The molecule has 4 nitrogen and oxygen atoms in total. The molecule has 3 N–H and O–H groups in total. The first-order valence-corrected chi connectivity index (χ1v) is 7.24. The van der Waals surface area contributed by atoms with E-state index >= 15 is 0 Å². The average Bonchev–Trinajstić information content (AvgIpc) is 2.55. The zero-order valence-corrected chi connectivity index (χ0v) is 12.5. The third-order valence-electron chi connectivity index (χ3n) is 3.55. The number of carbonyl (C=O) groups excluding carboxylic acids is 1. The summed E-state index contributed by atoms with van der Waals surface area (Å²) >= 11 is 0. The molecule has 0 heterocycles. The van der Waals surface area contributed by atoms with Gasteiger partial charge in [0.2, 0.25) is 0 Å². The van der Waals surface area contributed by atoms with E-state index in [1.807, 2.05) is 54.6 Å². The summed E-state index contributed by atoms with van der Waals surface area (Å²) in [5.74, 6) is 0.246. The third kappa shape index (κ3) is 3.55. The maximum atomic E-state index is 12.0. The summed E-state index contributed by atoms with van der Waals surface area (Å²) in [5.41, 5.74) is 7.08. The van der Waals surface area contributed by atoms with Gasteiger partial charge in [-0.15, -0.1) is 0 Å². The van der Waals surface area contributed by atoms with E-state index in [0.717, 1.165) is 16.3 Å². The van der Waals surface area contributed by atoms with Crippen molar-refractivity contribution in [3.63, 3.8) is 0 Å². The molecule has 114 valence electrons. The van der Waals surface area contributed by atoms with Crippen LogP contribution in [-0.2, 0) is 11.2 Å². The van der Waals surface area contributed by atoms with Gasteiger partial charge in [0.05, 0.1) is 6.42 Å². The van der Waals surface area contributed by atoms with Crippen molar-refractivity contribution in [2.45, 2.75) is 6.42 Å². The predicted octanol–water partition coefficient (Wildman–Crippen LogP) is 3.27. The first-order valence-electron chi connectivity index (χ1n) is 7.24. The number of hydrogen-bond acceptors (Lipinski definition) is 3. The van der Waals surface area contributed by atoms with Gasteiger partial charge in [-0.2, -0.15) is 0 Å². The SMILES string of the molecule is N=C(N)c1ccc2cc(OC(=O)Cc3ccccc3)ccc2c1. The van der Waals surface area contributed by atoms with E-state index in [9.17, 15) is 4.79 Å². The molecule has 0 saturated carbocycles. The van der Waals surface area contributed by atoms with E-state index < -0.39 is 0 Å². The second kappa shape index (κ2) is 6.32. The molecule has 3 rings (SSSR count). The van der Waals surface area contributed by atoms with Crippen LogP contribution in [-0.4, -0.2) is 11.8 Å². The van der Waals surface area contributed by atoms with Crippen LogP contribution in [0.2, 0.25) is 0 Å². The highest BCUT2D eigenvalue weighted by Crippen LogP contribution is 2.22. The van der Waals surface area contributed by atoms with Crippen LogP contribution < -0.4 is 10.5 Å². The summed E-state index contributed by atoms with van der Waals surface area (Å²) in [6, 6.07) is 20.4. The van der Waals surface area contributed by atoms with Gasteiger partial charge >= 0.3 is 5.97 Å². The molecule has 3 aromatic rings. The molecule has 0 aliphatic carbocycles. The smallest absolute Gasteiger partial charge is 0.315 e. The van der Waals surface area contributed by atoms with Crippen molar-refractivity contribution >= 4 is 22.6 Å². The van der Waals surface area contributed by atoms with Gasteiger partial charge in [-0.05, 0) is 34.5 Å². The standard InChI is InChI=1S/C19H16N2O2/c20-19(21)16-7-6-15-12-17(9-8-14(15)11-16)23-18(22)10-13-4-2-1-3-5-13/h1-9,11-12H,10H2,(H3,20,21). The molecule has 0 aliphatic rings. The minimum Gasteiger partial charge on any atom is -0.426 e. The number of nitrogens with two attached hydrogens (primary N) is 1. The molecule has 0 unspecified atom stereocenters. The van der Waals surface area contributed by atoms with Crippen LogP contribution in [0, 0.1) is 5.41 Å². The lowest BCUT2D eigenvalue weighted by atomic mass is 10.1. The average molecular weight is 304 g/mol. The molecule has 4 heteroatoms. The molecule has 0 spiro atoms. The van der Waals surface area contributed by atoms with Crippen molar-refractivity contribution in [3.8, 4) is 5.75 Å². The molecule has 0 amide bonds. The van der Waals surface area contributed by atoms with Crippen LogP contribution in [0.4, 0.5) is 0 Å². The number of fused-ring (bicyclic) bond motifs is 1. The summed E-state index contributed by atoms with van der Waals surface area (Å²) in [5, 5.41) is 9.34. The van der Waals surface area contributed by atoms with Gasteiger partial charge in [-0.25, -0.2) is 0 Å². The van der Waals surface area contributed by atoms with Crippen molar-refractivity contribution < 1.29 is 9.53 Å². The lowest BCUT2D eigenvalue weighted by molar-refractivity contribution is -0.133. The van der Waals surface area contributed by atoms with Crippen LogP contribution in [0.25, 0.3) is 10.8 Å². The molecule has 0 radical (unpaired) electrons. The van der Waals surface area contributed by atoms with E-state index in [1.54, 1.807) is 12.1 Å². The fraction of sp³-hybridized carbons (Fsp3) is 0.0526. The quantitative estimate of drug-likeness (QED) is 0.336. The lowest BCUT2D eigenvalue weighted by Gasteiger charge is -2.07. The Morgan fingerprint density at radius 3 is 2.39 bits per heavy atom. The summed E-state index contributed by atoms with van der Waals surface area (Å²) in [4.78, 5) is 12.0. The Labute approximate surface area is 134 Å². The van der Waals surface area contributed by atoms with Crippen molar-refractivity contribution in [1.82, 2.24) is 0 Å². The van der Waals surface area contributed by atoms with E-state index in [0.29, 0.717) is 11.3 Å². The van der Waals surface area contributed by atoms with Crippen LogP contribution in [0.1, 0.15) is 11.1 Å². The first-order chi connectivity index (χ1) is 11.1. The molecule has 0 atom stereocenters. The Hall–Kier alpha value is -3.14. The maximum Gasteiger partial charge on any atom is 0.315 e. The summed E-state index contributed by atoms with van der Waals surface area (Å²) in [6.07, 6.45) is 0.238. The van der Waals surface area contributed by atoms with E-state index in [1.165, 1.54) is 0 Å². The summed E-state index contributed by atoms with van der Waals surface area (Å²) in [7, 11) is 0. The third-order valence-corrected chi connectivity index (χ3v) is 3.55. The fourth-order valence-corrected chi connectivity index (χ4v) is 2.38. The van der Waals surface area contributed by atoms with Gasteiger partial charge in [0.1, 0.15) is 11.6 Å². The first kappa shape index (κ1) is 14.8.